The molecule has 38 heavy (non-hydrogen) atoms. The van der Waals surface area contributed by atoms with E-state index in [9.17, 15) is 4.79 Å². The van der Waals surface area contributed by atoms with E-state index in [1.165, 1.54) is 16.8 Å². The van der Waals surface area contributed by atoms with Gasteiger partial charge >= 0.3 is 0 Å². The molecule has 3 N–H and O–H groups in total. The van der Waals surface area contributed by atoms with Crippen LogP contribution < -0.4 is 20.7 Å². The fourth-order valence-corrected chi connectivity index (χ4v) is 5.45. The van der Waals surface area contributed by atoms with E-state index >= 15 is 0 Å². The smallest absolute Gasteiger partial charge is 0.223 e. The number of ether oxygens (including phenoxy) is 1. The number of benzene rings is 3. The normalized spacial score (nSPS) is 16.9. The number of anilines is 3. The van der Waals surface area contributed by atoms with Gasteiger partial charge in [0.25, 0.3) is 0 Å². The minimum absolute atomic E-state index is 0.275. The van der Waals surface area contributed by atoms with Gasteiger partial charge in [-0.15, -0.1) is 0 Å². The van der Waals surface area contributed by atoms with Crippen LogP contribution in [0, 0.1) is 0 Å². The number of carbonyl (C=O) groups is 1. The van der Waals surface area contributed by atoms with Crippen molar-refractivity contribution in [2.45, 2.75) is 25.3 Å². The van der Waals surface area contributed by atoms with Crippen molar-refractivity contribution in [3.63, 3.8) is 0 Å². The number of carbonyl (C=O) groups excluding carboxylic acids is 1. The van der Waals surface area contributed by atoms with Crippen molar-refractivity contribution in [1.29, 1.82) is 0 Å². The number of piperazine rings is 1. The summed E-state index contributed by atoms with van der Waals surface area (Å²) in [5.74, 6) is 0.959. The molecule has 2 aliphatic rings. The Bertz CT molecular complexity index is 1180. The lowest BCUT2D eigenvalue weighted by molar-refractivity contribution is -0.132. The molecule has 7 heteroatoms. The summed E-state index contributed by atoms with van der Waals surface area (Å²) in [6.07, 6.45) is 2.49. The number of nitrogens with two attached hydrogens (primary N) is 1. The summed E-state index contributed by atoms with van der Waals surface area (Å²) in [6, 6.07) is 25.5. The summed E-state index contributed by atoms with van der Waals surface area (Å²) in [5, 5.41) is 3.57. The zero-order valence-electron chi connectivity index (χ0n) is 22.3. The van der Waals surface area contributed by atoms with Crippen molar-refractivity contribution in [2.75, 3.05) is 68.9 Å². The SMILES string of the molecule is COc1cc(NC2CCN(C(=O)CCN3CCN(c4ccc(-c5ccccc5)cc4)CC3)CC2)ccc1N. The average molecular weight is 514 g/mol. The van der Waals surface area contributed by atoms with Crippen LogP contribution in [0.3, 0.4) is 0 Å². The summed E-state index contributed by atoms with van der Waals surface area (Å²) in [5.41, 5.74) is 11.3. The zero-order chi connectivity index (χ0) is 26.3. The first-order valence-electron chi connectivity index (χ1n) is 13.7. The Hall–Kier alpha value is -3.71. The molecule has 3 aromatic rings. The van der Waals surface area contributed by atoms with Gasteiger partial charge in [0.05, 0.1) is 12.8 Å². The maximum absolute atomic E-state index is 12.9. The van der Waals surface area contributed by atoms with Crippen LogP contribution in [0.4, 0.5) is 17.1 Å². The van der Waals surface area contributed by atoms with E-state index in [2.05, 4.69) is 63.6 Å². The van der Waals surface area contributed by atoms with Gasteiger partial charge < -0.3 is 25.6 Å². The van der Waals surface area contributed by atoms with Crippen LogP contribution in [0.2, 0.25) is 0 Å². The molecule has 3 aromatic carbocycles. The van der Waals surface area contributed by atoms with Crippen molar-refractivity contribution in [3.05, 3.63) is 72.8 Å². The van der Waals surface area contributed by atoms with Gasteiger partial charge in [0.1, 0.15) is 5.75 Å². The maximum atomic E-state index is 12.9. The second-order valence-electron chi connectivity index (χ2n) is 10.2. The number of nitrogen functional groups attached to an aromatic ring is 1. The minimum atomic E-state index is 0.275. The van der Waals surface area contributed by atoms with Crippen molar-refractivity contribution in [2.24, 2.45) is 0 Å². The average Bonchev–Trinajstić information content (AvgIpc) is 2.98. The van der Waals surface area contributed by atoms with Crippen LogP contribution in [0.1, 0.15) is 19.3 Å². The van der Waals surface area contributed by atoms with Gasteiger partial charge in [0, 0.05) is 75.7 Å². The molecule has 2 aliphatic heterocycles. The maximum Gasteiger partial charge on any atom is 0.223 e. The highest BCUT2D eigenvalue weighted by Gasteiger charge is 2.24. The quantitative estimate of drug-likeness (QED) is 0.430. The standard InChI is InChI=1S/C31H39N5O2/c1-38-30-23-27(9-12-29(30)32)33-26-13-17-36(18-14-26)31(37)15-16-34-19-21-35(22-20-34)28-10-7-25(8-11-28)24-5-3-2-4-6-24/h2-12,23,26,33H,13-22,32H2,1H3. The molecule has 2 fully saturated rings. The molecular formula is C31H39N5O2. The molecule has 0 bridgehead atoms. The molecule has 2 heterocycles. The summed E-state index contributed by atoms with van der Waals surface area (Å²) in [7, 11) is 1.63. The molecule has 5 rings (SSSR count). The van der Waals surface area contributed by atoms with E-state index in [1.54, 1.807) is 7.11 Å². The van der Waals surface area contributed by atoms with E-state index < -0.39 is 0 Å². The molecule has 0 spiro atoms. The van der Waals surface area contributed by atoms with Crippen LogP contribution in [-0.2, 0) is 4.79 Å². The first-order chi connectivity index (χ1) is 18.6. The highest BCUT2D eigenvalue weighted by atomic mass is 16.5. The molecular weight excluding hydrogens is 474 g/mol. The Labute approximate surface area is 226 Å². The van der Waals surface area contributed by atoms with Crippen LogP contribution >= 0.6 is 0 Å². The minimum Gasteiger partial charge on any atom is -0.495 e. The van der Waals surface area contributed by atoms with Gasteiger partial charge in [-0.2, -0.15) is 0 Å². The van der Waals surface area contributed by atoms with Crippen LogP contribution in [0.15, 0.2) is 72.8 Å². The number of nitrogens with zero attached hydrogens (tertiary/aromatic N) is 3. The topological polar surface area (TPSA) is 74.1 Å². The summed E-state index contributed by atoms with van der Waals surface area (Å²) in [4.78, 5) is 19.8. The monoisotopic (exact) mass is 513 g/mol. The number of rotatable bonds is 8. The Morgan fingerprint density at radius 1 is 0.895 bits per heavy atom. The van der Waals surface area contributed by atoms with Gasteiger partial charge in [-0.05, 0) is 48.2 Å². The van der Waals surface area contributed by atoms with E-state index in [0.717, 1.165) is 64.3 Å². The molecule has 200 valence electrons. The number of methoxy groups -OCH3 is 1. The largest absolute Gasteiger partial charge is 0.495 e. The van der Waals surface area contributed by atoms with Crippen LogP contribution in [-0.4, -0.2) is 74.7 Å². The molecule has 0 radical (unpaired) electrons. The highest BCUT2D eigenvalue weighted by molar-refractivity contribution is 5.76. The lowest BCUT2D eigenvalue weighted by atomic mass is 10.0. The van der Waals surface area contributed by atoms with Crippen LogP contribution in [0.5, 0.6) is 5.75 Å². The third-order valence-corrected chi connectivity index (χ3v) is 7.81. The van der Waals surface area contributed by atoms with Crippen molar-refractivity contribution < 1.29 is 9.53 Å². The number of hydrogen-bond acceptors (Lipinski definition) is 6. The molecule has 2 saturated heterocycles. The fourth-order valence-electron chi connectivity index (χ4n) is 5.45. The zero-order valence-corrected chi connectivity index (χ0v) is 22.3. The van der Waals surface area contributed by atoms with E-state index in [4.69, 9.17) is 10.5 Å². The first kappa shape index (κ1) is 25.9. The number of likely N-dealkylation sites (tertiary alicyclic amines) is 1. The third-order valence-electron chi connectivity index (χ3n) is 7.81. The Kier molecular flexibility index (Phi) is 8.34. The lowest BCUT2D eigenvalue weighted by Gasteiger charge is -2.37. The van der Waals surface area contributed by atoms with Gasteiger partial charge in [0.2, 0.25) is 5.91 Å². The van der Waals surface area contributed by atoms with Gasteiger partial charge in [-0.25, -0.2) is 0 Å². The number of hydrogen-bond donors (Lipinski definition) is 2. The van der Waals surface area contributed by atoms with Crippen molar-refractivity contribution >= 4 is 23.0 Å². The Balaban J connectivity index is 1.02. The number of piperidine rings is 1. The molecule has 7 nitrogen and oxygen atoms in total. The molecule has 0 unspecified atom stereocenters. The van der Waals surface area contributed by atoms with Gasteiger partial charge in [-0.1, -0.05) is 42.5 Å². The Morgan fingerprint density at radius 3 is 2.26 bits per heavy atom. The molecule has 0 atom stereocenters. The first-order valence-corrected chi connectivity index (χ1v) is 13.7. The predicted molar refractivity (Wildman–Crippen MR) is 156 cm³/mol. The molecule has 0 aliphatic carbocycles. The summed E-state index contributed by atoms with van der Waals surface area (Å²) in [6.45, 7) is 6.40. The molecule has 0 aromatic heterocycles. The lowest BCUT2D eigenvalue weighted by Crippen LogP contribution is -2.48. The van der Waals surface area contributed by atoms with Crippen LogP contribution in [0.25, 0.3) is 11.1 Å². The van der Waals surface area contributed by atoms with E-state index in [1.807, 2.05) is 29.2 Å². The second-order valence-corrected chi connectivity index (χ2v) is 10.2. The Morgan fingerprint density at radius 2 is 1.58 bits per heavy atom. The third kappa shape index (κ3) is 6.40. The molecule has 1 amide bonds. The van der Waals surface area contributed by atoms with Gasteiger partial charge in [0.15, 0.2) is 0 Å². The number of nitrogens with one attached hydrogen (secondary N) is 1. The molecule has 0 saturated carbocycles. The second kappa shape index (κ2) is 12.2. The van der Waals surface area contributed by atoms with Gasteiger partial charge in [-0.3, -0.25) is 9.69 Å². The predicted octanol–water partition coefficient (Wildman–Crippen LogP) is 4.56. The number of amides is 1. The van der Waals surface area contributed by atoms with Crippen molar-refractivity contribution in [3.8, 4) is 16.9 Å². The van der Waals surface area contributed by atoms with Crippen molar-refractivity contribution in [1.82, 2.24) is 9.80 Å². The van der Waals surface area contributed by atoms with E-state index in [-0.39, 0.29) is 5.91 Å². The fraction of sp³-hybridized carbons (Fsp3) is 0.387. The van der Waals surface area contributed by atoms with E-state index in [0.29, 0.717) is 23.9 Å². The summed E-state index contributed by atoms with van der Waals surface area (Å²) >= 11 is 0. The highest BCUT2D eigenvalue weighted by Crippen LogP contribution is 2.27. The summed E-state index contributed by atoms with van der Waals surface area (Å²) < 4.78 is 5.32.